The maximum Gasteiger partial charge on any atom is 0.327 e. The van der Waals surface area contributed by atoms with Crippen LogP contribution in [-0.2, 0) is 29.2 Å². The molecule has 0 amide bonds. The molecule has 0 aliphatic rings. The van der Waals surface area contributed by atoms with Crippen LogP contribution in [0.15, 0.2) is 0 Å². The number of esters is 2. The third kappa shape index (κ3) is 40.0. The zero-order valence-electron chi connectivity index (χ0n) is 33.6. The van der Waals surface area contributed by atoms with Gasteiger partial charge in [0.05, 0.1) is 19.6 Å². The molecule has 0 spiro atoms. The summed E-state index contributed by atoms with van der Waals surface area (Å²) in [7, 11) is -4.77. The van der Waals surface area contributed by atoms with Gasteiger partial charge in [0, 0.05) is 59.1 Å². The van der Waals surface area contributed by atoms with Gasteiger partial charge in [-0.1, -0.05) is 206 Å². The third-order valence-corrected chi connectivity index (χ3v) is 10.6. The van der Waals surface area contributed by atoms with E-state index >= 15 is 0 Å². The summed E-state index contributed by atoms with van der Waals surface area (Å²) in [5.74, 6) is -1.89. The number of hydrogen-bond donors (Lipinski definition) is 1. The van der Waals surface area contributed by atoms with Gasteiger partial charge in [-0.15, -0.1) is 0 Å². The normalized spacial score (nSPS) is 11.8. The minimum Gasteiger partial charge on any atom is -0.466 e. The van der Waals surface area contributed by atoms with E-state index in [0.29, 0.717) is 12.8 Å². The Morgan fingerprint density at radius 1 is 0.440 bits per heavy atom. The van der Waals surface area contributed by atoms with Crippen molar-refractivity contribution in [3.8, 4) is 0 Å². The molecule has 0 rings (SSSR count). The van der Waals surface area contributed by atoms with E-state index in [1.807, 2.05) is 0 Å². The van der Waals surface area contributed by atoms with Crippen molar-refractivity contribution < 1.29 is 32.0 Å². The summed E-state index contributed by atoms with van der Waals surface area (Å²) in [6.45, 7) is 4.78. The first-order valence-electron chi connectivity index (χ1n) is 20.6. The molecule has 0 aliphatic carbocycles. The van der Waals surface area contributed by atoms with Gasteiger partial charge in [0.1, 0.15) is 0 Å². The Balaban J connectivity index is -0.0000110. The van der Waals surface area contributed by atoms with Crippen LogP contribution in [0.2, 0.25) is 0 Å². The Morgan fingerprint density at radius 3 is 0.940 bits per heavy atom. The van der Waals surface area contributed by atoms with Gasteiger partial charge in [0.25, 0.3) is 10.1 Å². The van der Waals surface area contributed by atoms with Gasteiger partial charge < -0.3 is 9.47 Å². The molecule has 7 nitrogen and oxygen atoms in total. The predicted molar refractivity (Wildman–Crippen MR) is 212 cm³/mol. The van der Waals surface area contributed by atoms with Crippen molar-refractivity contribution in [3.63, 3.8) is 0 Å². The van der Waals surface area contributed by atoms with Crippen LogP contribution in [0, 0.1) is 0 Å². The molecule has 288 valence electrons. The monoisotopic (exact) mass is 749 g/mol. The second-order valence-electron chi connectivity index (χ2n) is 14.2. The molecule has 0 aromatic carbocycles. The molecule has 0 saturated heterocycles. The van der Waals surface area contributed by atoms with Crippen LogP contribution in [0.3, 0.4) is 0 Å². The topological polar surface area (TPSA) is 107 Å². The second-order valence-corrected chi connectivity index (χ2v) is 15.8. The molecule has 0 bridgehead atoms. The maximum absolute atomic E-state index is 12.3. The number of ether oxygens (including phenoxy) is 2. The second kappa shape index (κ2) is 42.6. The van der Waals surface area contributed by atoms with Gasteiger partial charge in [-0.3, -0.25) is 14.1 Å². The van der Waals surface area contributed by atoms with Crippen LogP contribution >= 0.6 is 0 Å². The summed E-state index contributed by atoms with van der Waals surface area (Å²) in [6, 6.07) is 0. The summed E-state index contributed by atoms with van der Waals surface area (Å²) < 4.78 is 43.3. The van der Waals surface area contributed by atoms with E-state index in [1.54, 1.807) is 0 Å². The van der Waals surface area contributed by atoms with E-state index in [0.717, 1.165) is 32.1 Å². The SMILES string of the molecule is CCCCCCCCCCCCCCCCCCOC(=O)CC(C(=O)OCCCCCCCCCCCCCCCCCC)S(=O)(=O)O.[Na].[Na]. The van der Waals surface area contributed by atoms with E-state index < -0.39 is 33.7 Å². The van der Waals surface area contributed by atoms with Crippen molar-refractivity contribution in [1.29, 1.82) is 0 Å². The van der Waals surface area contributed by atoms with Crippen molar-refractivity contribution in [2.24, 2.45) is 0 Å². The molecule has 0 fully saturated rings. The molecular weight excluding hydrogens is 670 g/mol. The fourth-order valence-electron chi connectivity index (χ4n) is 6.27. The van der Waals surface area contributed by atoms with Gasteiger partial charge in [0.15, 0.2) is 5.25 Å². The molecule has 0 aromatic heterocycles. The van der Waals surface area contributed by atoms with E-state index in [1.165, 1.54) is 161 Å². The fourth-order valence-corrected chi connectivity index (χ4v) is 6.93. The number of rotatable bonds is 38. The van der Waals surface area contributed by atoms with E-state index in [9.17, 15) is 22.6 Å². The summed E-state index contributed by atoms with van der Waals surface area (Å²) in [5, 5.41) is -1.93. The van der Waals surface area contributed by atoms with Crippen LogP contribution < -0.4 is 0 Å². The predicted octanol–water partition coefficient (Wildman–Crippen LogP) is 11.5. The Kier molecular flexibility index (Phi) is 47.0. The van der Waals surface area contributed by atoms with Crippen molar-refractivity contribution in [1.82, 2.24) is 0 Å². The van der Waals surface area contributed by atoms with Gasteiger partial charge in [-0.25, -0.2) is 0 Å². The first kappa shape index (κ1) is 55.2. The number of hydrogen-bond acceptors (Lipinski definition) is 6. The Hall–Kier alpha value is 0.850. The average Bonchev–Trinajstić information content (AvgIpc) is 3.05. The first-order chi connectivity index (χ1) is 23.3. The molecule has 2 radical (unpaired) electrons. The summed E-state index contributed by atoms with van der Waals surface area (Å²) in [5.41, 5.74) is 0. The Bertz CT molecular complexity index is 827. The molecular formula is C40H78Na2O7S. The standard InChI is InChI=1S/C40H78O7S.2Na/c1-3-5-7-9-11-13-15-17-19-21-23-25-27-29-31-33-35-46-39(41)37-38(48(43,44)45)40(42)47-36-34-32-30-28-26-24-22-20-18-16-14-12-10-8-6-4-2;;/h38H,3-37H2,1-2H3,(H,43,44,45);;. The van der Waals surface area contributed by atoms with Crippen molar-refractivity contribution >= 4 is 81.2 Å². The molecule has 10 heteroatoms. The molecule has 50 heavy (non-hydrogen) atoms. The van der Waals surface area contributed by atoms with E-state index in [-0.39, 0.29) is 72.3 Å². The van der Waals surface area contributed by atoms with Gasteiger partial charge in [-0.05, 0) is 12.8 Å². The molecule has 1 unspecified atom stereocenters. The first-order valence-corrected chi connectivity index (χ1v) is 22.1. The van der Waals surface area contributed by atoms with Gasteiger partial charge in [-0.2, -0.15) is 8.42 Å². The molecule has 1 atom stereocenters. The van der Waals surface area contributed by atoms with Crippen LogP contribution in [0.4, 0.5) is 0 Å². The fraction of sp³-hybridized carbons (Fsp3) is 0.950. The van der Waals surface area contributed by atoms with Crippen molar-refractivity contribution in [3.05, 3.63) is 0 Å². The largest absolute Gasteiger partial charge is 0.466 e. The number of carbonyl (C=O) groups excluding carboxylic acids is 2. The zero-order valence-corrected chi connectivity index (χ0v) is 38.4. The minimum absolute atomic E-state index is 0. The van der Waals surface area contributed by atoms with Crippen molar-refractivity contribution in [2.75, 3.05) is 13.2 Å². The van der Waals surface area contributed by atoms with Crippen LogP contribution in [-0.4, -0.2) is 102 Å². The Morgan fingerprint density at radius 2 is 0.680 bits per heavy atom. The van der Waals surface area contributed by atoms with Gasteiger partial charge in [0.2, 0.25) is 0 Å². The molecule has 0 saturated carbocycles. The molecule has 1 N–H and O–H groups in total. The van der Waals surface area contributed by atoms with E-state index in [2.05, 4.69) is 13.8 Å². The summed E-state index contributed by atoms with van der Waals surface area (Å²) in [4.78, 5) is 24.5. The summed E-state index contributed by atoms with van der Waals surface area (Å²) >= 11 is 0. The quantitative estimate of drug-likeness (QED) is 0.0290. The third-order valence-electron chi connectivity index (χ3n) is 9.48. The van der Waals surface area contributed by atoms with Crippen LogP contribution in [0.5, 0.6) is 0 Å². The zero-order chi connectivity index (χ0) is 35.4. The minimum atomic E-state index is -4.77. The van der Waals surface area contributed by atoms with Crippen LogP contribution in [0.25, 0.3) is 0 Å². The molecule has 0 heterocycles. The molecule has 0 aromatic rings. The average molecular weight is 749 g/mol. The molecule has 0 aliphatic heterocycles. The van der Waals surface area contributed by atoms with Gasteiger partial charge >= 0.3 is 11.9 Å². The number of unbranched alkanes of at least 4 members (excludes halogenated alkanes) is 30. The maximum atomic E-state index is 12.3. The van der Waals surface area contributed by atoms with Crippen molar-refractivity contribution in [2.45, 2.75) is 231 Å². The number of carbonyl (C=O) groups is 2. The van der Waals surface area contributed by atoms with E-state index in [4.69, 9.17) is 9.47 Å². The Labute approximate surface area is 354 Å². The summed E-state index contributed by atoms with van der Waals surface area (Å²) in [6.07, 6.45) is 39.0. The van der Waals surface area contributed by atoms with Crippen LogP contribution in [0.1, 0.15) is 226 Å². The smallest absolute Gasteiger partial charge is 0.327 e.